The summed E-state index contributed by atoms with van der Waals surface area (Å²) in [4.78, 5) is 19.3. The number of nitrogens with one attached hydrogen (secondary N) is 1. The van der Waals surface area contributed by atoms with Crippen molar-refractivity contribution in [3.8, 4) is 11.4 Å². The van der Waals surface area contributed by atoms with Crippen molar-refractivity contribution in [1.82, 2.24) is 29.3 Å². The molecule has 2 aliphatic rings. The maximum atomic E-state index is 5.47. The van der Waals surface area contributed by atoms with Crippen LogP contribution in [0.2, 0.25) is 0 Å². The summed E-state index contributed by atoms with van der Waals surface area (Å²) in [6.45, 7) is 10.7. The van der Waals surface area contributed by atoms with Crippen LogP contribution in [0.3, 0.4) is 0 Å². The van der Waals surface area contributed by atoms with Gasteiger partial charge in [-0.1, -0.05) is 30.3 Å². The minimum absolute atomic E-state index is 0.722. The Morgan fingerprint density at radius 1 is 0.812 bits per heavy atom. The monoisotopic (exact) mass is 437 g/mol. The van der Waals surface area contributed by atoms with Gasteiger partial charge in [0.25, 0.3) is 0 Å². The number of nitrogens with zero attached hydrogens (tertiary/aromatic N) is 6. The van der Waals surface area contributed by atoms with E-state index in [1.807, 2.05) is 36.7 Å². The second kappa shape index (κ2) is 10.4. The van der Waals surface area contributed by atoms with Crippen LogP contribution in [0.1, 0.15) is 0 Å². The normalized spacial score (nSPS) is 18.2. The van der Waals surface area contributed by atoms with Gasteiger partial charge in [0.2, 0.25) is 0 Å². The van der Waals surface area contributed by atoms with Crippen molar-refractivity contribution in [3.63, 3.8) is 0 Å². The molecule has 2 aromatic heterocycles. The zero-order valence-corrected chi connectivity index (χ0v) is 18.4. The summed E-state index contributed by atoms with van der Waals surface area (Å²) in [7, 11) is 0. The van der Waals surface area contributed by atoms with E-state index in [4.69, 9.17) is 19.4 Å². The fraction of sp³-hybridized carbons (Fsp3) is 0.522. The number of fused-ring (bicyclic) bond motifs is 1. The fourth-order valence-electron chi connectivity index (χ4n) is 4.18. The minimum atomic E-state index is 0.722. The second-order valence-corrected chi connectivity index (χ2v) is 8.21. The highest BCUT2D eigenvalue weighted by molar-refractivity contribution is 5.85. The second-order valence-electron chi connectivity index (χ2n) is 8.21. The Bertz CT molecular complexity index is 998. The summed E-state index contributed by atoms with van der Waals surface area (Å²) >= 11 is 0. The average molecular weight is 438 g/mol. The van der Waals surface area contributed by atoms with E-state index in [1.54, 1.807) is 0 Å². The molecule has 2 aliphatic heterocycles. The van der Waals surface area contributed by atoms with Gasteiger partial charge in [0, 0.05) is 57.9 Å². The van der Waals surface area contributed by atoms with E-state index in [2.05, 4.69) is 24.7 Å². The van der Waals surface area contributed by atoms with Gasteiger partial charge in [0.15, 0.2) is 17.3 Å². The van der Waals surface area contributed by atoms with Crippen molar-refractivity contribution < 1.29 is 9.47 Å². The summed E-state index contributed by atoms with van der Waals surface area (Å²) in [5, 5.41) is 3.53. The molecule has 0 atom stereocenters. The van der Waals surface area contributed by atoms with Gasteiger partial charge in [-0.05, 0) is 0 Å². The number of benzene rings is 1. The molecular formula is C23H31N7O2. The third kappa shape index (κ3) is 5.07. The third-order valence-corrected chi connectivity index (χ3v) is 6.08. The molecule has 0 aliphatic carbocycles. The molecular weight excluding hydrogens is 406 g/mol. The van der Waals surface area contributed by atoms with Crippen LogP contribution >= 0.6 is 0 Å². The molecule has 0 radical (unpaired) electrons. The van der Waals surface area contributed by atoms with Crippen LogP contribution in [0.4, 0.5) is 5.82 Å². The molecule has 0 saturated carbocycles. The molecule has 9 heteroatoms. The Morgan fingerprint density at radius 2 is 1.50 bits per heavy atom. The van der Waals surface area contributed by atoms with E-state index < -0.39 is 0 Å². The van der Waals surface area contributed by atoms with Gasteiger partial charge in [-0.3, -0.25) is 9.80 Å². The van der Waals surface area contributed by atoms with Gasteiger partial charge in [-0.15, -0.1) is 0 Å². The Hall–Kier alpha value is -2.59. The maximum absolute atomic E-state index is 5.47. The van der Waals surface area contributed by atoms with Crippen molar-refractivity contribution in [3.05, 3.63) is 36.7 Å². The molecule has 2 fully saturated rings. The lowest BCUT2D eigenvalue weighted by atomic mass is 10.2. The first kappa shape index (κ1) is 21.3. The number of morpholine rings is 2. The maximum Gasteiger partial charge on any atom is 0.166 e. The lowest BCUT2D eigenvalue weighted by molar-refractivity contribution is 0.0365. The molecule has 2 saturated heterocycles. The molecule has 3 aromatic rings. The molecule has 9 nitrogen and oxygen atoms in total. The molecule has 0 amide bonds. The molecule has 4 heterocycles. The highest BCUT2D eigenvalue weighted by Crippen LogP contribution is 2.24. The fourth-order valence-corrected chi connectivity index (χ4v) is 4.18. The number of ether oxygens (including phenoxy) is 2. The lowest BCUT2D eigenvalue weighted by Gasteiger charge is -2.26. The Kier molecular flexibility index (Phi) is 6.88. The average Bonchev–Trinajstić information content (AvgIpc) is 3.28. The van der Waals surface area contributed by atoms with Crippen molar-refractivity contribution in [2.24, 2.45) is 0 Å². The van der Waals surface area contributed by atoms with E-state index in [1.165, 1.54) is 0 Å². The van der Waals surface area contributed by atoms with Crippen molar-refractivity contribution in [2.75, 3.05) is 77.6 Å². The van der Waals surface area contributed by atoms with Crippen LogP contribution in [0, 0.1) is 0 Å². The Labute approximate surface area is 188 Å². The predicted octanol–water partition coefficient (Wildman–Crippen LogP) is 1.57. The van der Waals surface area contributed by atoms with Crippen LogP contribution in [0.25, 0.3) is 22.6 Å². The molecule has 0 bridgehead atoms. The van der Waals surface area contributed by atoms with E-state index in [0.29, 0.717) is 0 Å². The van der Waals surface area contributed by atoms with Crippen LogP contribution < -0.4 is 5.32 Å². The summed E-state index contributed by atoms with van der Waals surface area (Å²) in [6, 6.07) is 10.1. The smallest absolute Gasteiger partial charge is 0.166 e. The predicted molar refractivity (Wildman–Crippen MR) is 124 cm³/mol. The third-order valence-electron chi connectivity index (χ3n) is 6.08. The number of rotatable bonds is 8. The van der Waals surface area contributed by atoms with Gasteiger partial charge in [-0.25, -0.2) is 15.0 Å². The quantitative estimate of drug-likeness (QED) is 0.569. The first-order valence-corrected chi connectivity index (χ1v) is 11.5. The molecule has 1 N–H and O–H groups in total. The SMILES string of the molecule is c1ccc(-c2nc(NCCN3CCOCC3)c3ncn(CCN4CCOCC4)c3n2)cc1. The Balaban J connectivity index is 1.37. The zero-order chi connectivity index (χ0) is 21.6. The molecule has 0 unspecified atom stereocenters. The van der Waals surface area contributed by atoms with Crippen molar-refractivity contribution in [1.29, 1.82) is 0 Å². The first-order chi connectivity index (χ1) is 15.9. The lowest BCUT2D eigenvalue weighted by Crippen LogP contribution is -2.39. The molecule has 32 heavy (non-hydrogen) atoms. The highest BCUT2D eigenvalue weighted by Gasteiger charge is 2.17. The van der Waals surface area contributed by atoms with Gasteiger partial charge in [0.05, 0.1) is 32.8 Å². The zero-order valence-electron chi connectivity index (χ0n) is 18.4. The van der Waals surface area contributed by atoms with Crippen LogP contribution in [-0.4, -0.2) is 102 Å². The molecule has 0 spiro atoms. The minimum Gasteiger partial charge on any atom is -0.379 e. The van der Waals surface area contributed by atoms with E-state index in [9.17, 15) is 0 Å². The number of aromatic nitrogens is 4. The number of imidazole rings is 1. The molecule has 170 valence electrons. The van der Waals surface area contributed by atoms with Crippen LogP contribution in [0.5, 0.6) is 0 Å². The van der Waals surface area contributed by atoms with Crippen molar-refractivity contribution >= 4 is 17.0 Å². The molecule has 5 rings (SSSR count). The topological polar surface area (TPSA) is 80.6 Å². The number of anilines is 1. The van der Waals surface area contributed by atoms with Gasteiger partial charge < -0.3 is 19.4 Å². The summed E-state index contributed by atoms with van der Waals surface area (Å²) in [5.74, 6) is 1.52. The number of hydrogen-bond donors (Lipinski definition) is 1. The largest absolute Gasteiger partial charge is 0.379 e. The summed E-state index contributed by atoms with van der Waals surface area (Å²) in [5.41, 5.74) is 2.71. The van der Waals surface area contributed by atoms with Gasteiger partial charge in [0.1, 0.15) is 5.52 Å². The Morgan fingerprint density at radius 3 is 2.22 bits per heavy atom. The van der Waals surface area contributed by atoms with Crippen LogP contribution in [-0.2, 0) is 16.0 Å². The van der Waals surface area contributed by atoms with E-state index in [0.717, 1.165) is 107 Å². The van der Waals surface area contributed by atoms with E-state index in [-0.39, 0.29) is 0 Å². The first-order valence-electron chi connectivity index (χ1n) is 11.5. The standard InChI is InChI=1S/C23H31N7O2/c1-2-4-19(5-3-1)21-26-22(24-6-7-28-10-14-31-15-11-28)20-23(27-21)30(18-25-20)9-8-29-12-16-32-17-13-29/h1-5,18H,6-17H2,(H,24,26,27). The summed E-state index contributed by atoms with van der Waals surface area (Å²) < 4.78 is 13.1. The van der Waals surface area contributed by atoms with Crippen molar-refractivity contribution in [2.45, 2.75) is 6.54 Å². The van der Waals surface area contributed by atoms with Gasteiger partial charge >= 0.3 is 0 Å². The highest BCUT2D eigenvalue weighted by atomic mass is 16.5. The van der Waals surface area contributed by atoms with Crippen LogP contribution in [0.15, 0.2) is 36.7 Å². The van der Waals surface area contributed by atoms with Gasteiger partial charge in [-0.2, -0.15) is 0 Å². The van der Waals surface area contributed by atoms with E-state index >= 15 is 0 Å². The summed E-state index contributed by atoms with van der Waals surface area (Å²) in [6.07, 6.45) is 1.89. The number of hydrogen-bond acceptors (Lipinski definition) is 8. The molecule has 1 aromatic carbocycles.